The van der Waals surface area contributed by atoms with Crippen molar-refractivity contribution in [3.63, 3.8) is 0 Å². The van der Waals surface area contributed by atoms with Crippen molar-refractivity contribution in [2.75, 3.05) is 26.2 Å². The second kappa shape index (κ2) is 4.45. The highest BCUT2D eigenvalue weighted by molar-refractivity contribution is 7.11. The normalized spacial score (nSPS) is 19.7. The Morgan fingerprint density at radius 2 is 2.39 bits per heavy atom. The smallest absolute Gasteiger partial charge is 0.328 e. The standard InChI is InChI=1S/C10H12N4O3S/c15-8-11-1-3-14(8)10(16)13-5-7(6-13)17-9-12-2-4-18-9/h2,4,7H,1,3,5-6H2,(H,11,15). The summed E-state index contributed by atoms with van der Waals surface area (Å²) >= 11 is 1.42. The molecule has 0 spiro atoms. The van der Waals surface area contributed by atoms with E-state index in [-0.39, 0.29) is 18.2 Å². The predicted molar refractivity (Wildman–Crippen MR) is 63.6 cm³/mol. The summed E-state index contributed by atoms with van der Waals surface area (Å²) in [6.07, 6.45) is 1.65. The van der Waals surface area contributed by atoms with Crippen molar-refractivity contribution in [2.24, 2.45) is 0 Å². The van der Waals surface area contributed by atoms with Crippen LogP contribution in [0.4, 0.5) is 9.59 Å². The van der Waals surface area contributed by atoms with E-state index in [0.29, 0.717) is 31.4 Å². The maximum Gasteiger partial charge on any atom is 0.328 e. The number of ether oxygens (including phenoxy) is 1. The molecule has 3 heterocycles. The minimum Gasteiger partial charge on any atom is -0.463 e. The highest BCUT2D eigenvalue weighted by Crippen LogP contribution is 2.21. The Morgan fingerprint density at radius 1 is 1.56 bits per heavy atom. The molecule has 0 radical (unpaired) electrons. The Hall–Kier alpha value is -1.83. The van der Waals surface area contributed by atoms with Crippen LogP contribution in [0.1, 0.15) is 0 Å². The first-order chi connectivity index (χ1) is 8.74. The van der Waals surface area contributed by atoms with Gasteiger partial charge in [-0.05, 0) is 0 Å². The molecule has 2 aliphatic rings. The van der Waals surface area contributed by atoms with Gasteiger partial charge in [-0.3, -0.25) is 0 Å². The fraction of sp³-hybridized carbons (Fsp3) is 0.500. The number of hydrogen-bond acceptors (Lipinski definition) is 5. The van der Waals surface area contributed by atoms with Crippen LogP contribution in [-0.2, 0) is 0 Å². The Bertz CT molecular complexity index is 458. The fourth-order valence-electron chi connectivity index (χ4n) is 1.90. The Labute approximate surface area is 107 Å². The van der Waals surface area contributed by atoms with E-state index in [1.807, 2.05) is 5.38 Å². The third-order valence-electron chi connectivity index (χ3n) is 2.88. The molecule has 0 saturated carbocycles. The van der Waals surface area contributed by atoms with E-state index < -0.39 is 0 Å². The molecule has 8 heteroatoms. The molecule has 2 saturated heterocycles. The molecular formula is C10H12N4O3S. The summed E-state index contributed by atoms with van der Waals surface area (Å²) < 4.78 is 5.55. The van der Waals surface area contributed by atoms with Gasteiger partial charge in [0.25, 0.3) is 5.19 Å². The third-order valence-corrected chi connectivity index (χ3v) is 3.54. The summed E-state index contributed by atoms with van der Waals surface area (Å²) in [6.45, 7) is 1.97. The number of nitrogens with one attached hydrogen (secondary N) is 1. The van der Waals surface area contributed by atoms with Gasteiger partial charge in [0.2, 0.25) is 0 Å². The second-order valence-electron chi connectivity index (χ2n) is 4.11. The topological polar surface area (TPSA) is 74.8 Å². The lowest BCUT2D eigenvalue weighted by atomic mass is 10.2. The zero-order chi connectivity index (χ0) is 12.5. The summed E-state index contributed by atoms with van der Waals surface area (Å²) in [5.74, 6) is 0. The van der Waals surface area contributed by atoms with Crippen LogP contribution in [0.15, 0.2) is 11.6 Å². The predicted octanol–water partition coefficient (Wildman–Crippen LogP) is 0.351. The van der Waals surface area contributed by atoms with Crippen molar-refractivity contribution in [1.29, 1.82) is 0 Å². The number of likely N-dealkylation sites (tertiary alicyclic amines) is 1. The molecule has 1 aromatic heterocycles. The monoisotopic (exact) mass is 268 g/mol. The van der Waals surface area contributed by atoms with Crippen molar-refractivity contribution in [3.8, 4) is 5.19 Å². The van der Waals surface area contributed by atoms with Gasteiger partial charge < -0.3 is 15.0 Å². The van der Waals surface area contributed by atoms with Crippen LogP contribution in [0.2, 0.25) is 0 Å². The van der Waals surface area contributed by atoms with Crippen molar-refractivity contribution in [1.82, 2.24) is 20.1 Å². The zero-order valence-corrected chi connectivity index (χ0v) is 10.4. The number of carbonyl (C=O) groups is 2. The lowest BCUT2D eigenvalue weighted by molar-refractivity contribution is 0.0359. The maximum atomic E-state index is 11.9. The molecule has 0 unspecified atom stereocenters. The first kappa shape index (κ1) is 11.3. The highest BCUT2D eigenvalue weighted by Gasteiger charge is 2.38. The molecule has 0 atom stereocenters. The molecule has 96 valence electrons. The average Bonchev–Trinajstić information content (AvgIpc) is 2.93. The number of aromatic nitrogens is 1. The van der Waals surface area contributed by atoms with Gasteiger partial charge in [0.05, 0.1) is 13.1 Å². The Kier molecular flexibility index (Phi) is 2.78. The fourth-order valence-corrected chi connectivity index (χ4v) is 2.46. The first-order valence-corrected chi connectivity index (χ1v) is 6.52. The molecule has 7 nitrogen and oxygen atoms in total. The van der Waals surface area contributed by atoms with E-state index in [1.54, 1.807) is 11.1 Å². The van der Waals surface area contributed by atoms with Gasteiger partial charge in [-0.2, -0.15) is 0 Å². The van der Waals surface area contributed by atoms with E-state index in [4.69, 9.17) is 4.74 Å². The van der Waals surface area contributed by atoms with Crippen LogP contribution in [-0.4, -0.2) is 59.1 Å². The van der Waals surface area contributed by atoms with Gasteiger partial charge >= 0.3 is 12.1 Å². The van der Waals surface area contributed by atoms with Gasteiger partial charge in [0, 0.05) is 24.7 Å². The number of nitrogens with zero attached hydrogens (tertiary/aromatic N) is 3. The summed E-state index contributed by atoms with van der Waals surface area (Å²) in [5, 5.41) is 5.06. The molecular weight excluding hydrogens is 256 g/mol. The Morgan fingerprint density at radius 3 is 3.00 bits per heavy atom. The van der Waals surface area contributed by atoms with E-state index in [0.717, 1.165) is 0 Å². The summed E-state index contributed by atoms with van der Waals surface area (Å²) in [5.41, 5.74) is 0. The minimum absolute atomic E-state index is 0.0224. The number of urea groups is 2. The number of thiazole rings is 1. The minimum atomic E-state index is -0.315. The number of imide groups is 1. The van der Waals surface area contributed by atoms with Gasteiger partial charge in [-0.1, -0.05) is 11.3 Å². The van der Waals surface area contributed by atoms with Crippen LogP contribution in [0, 0.1) is 0 Å². The van der Waals surface area contributed by atoms with Gasteiger partial charge in [0.1, 0.15) is 6.10 Å². The maximum absolute atomic E-state index is 11.9. The Balaban J connectivity index is 1.50. The second-order valence-corrected chi connectivity index (χ2v) is 4.97. The number of rotatable bonds is 2. The van der Waals surface area contributed by atoms with Gasteiger partial charge in [-0.25, -0.2) is 19.5 Å². The number of carbonyl (C=O) groups excluding carboxylic acids is 2. The summed E-state index contributed by atoms with van der Waals surface area (Å²) in [4.78, 5) is 30.1. The first-order valence-electron chi connectivity index (χ1n) is 5.64. The molecule has 2 fully saturated rings. The largest absolute Gasteiger partial charge is 0.463 e. The van der Waals surface area contributed by atoms with Crippen LogP contribution >= 0.6 is 11.3 Å². The highest BCUT2D eigenvalue weighted by atomic mass is 32.1. The molecule has 3 rings (SSSR count). The molecule has 0 aliphatic carbocycles. The van der Waals surface area contributed by atoms with Gasteiger partial charge in [0.15, 0.2) is 0 Å². The SMILES string of the molecule is O=C1NCCN1C(=O)N1CC(Oc2nccs2)C1. The molecule has 0 bridgehead atoms. The lowest BCUT2D eigenvalue weighted by Gasteiger charge is -2.39. The quantitative estimate of drug-likeness (QED) is 0.840. The lowest BCUT2D eigenvalue weighted by Crippen LogP contribution is -2.60. The molecule has 18 heavy (non-hydrogen) atoms. The third kappa shape index (κ3) is 1.99. The number of amides is 4. The van der Waals surface area contributed by atoms with Crippen molar-refractivity contribution in [2.45, 2.75) is 6.10 Å². The average molecular weight is 268 g/mol. The number of hydrogen-bond donors (Lipinski definition) is 1. The molecule has 2 aliphatic heterocycles. The van der Waals surface area contributed by atoms with E-state index in [1.165, 1.54) is 16.2 Å². The van der Waals surface area contributed by atoms with E-state index in [2.05, 4.69) is 10.3 Å². The van der Waals surface area contributed by atoms with E-state index in [9.17, 15) is 9.59 Å². The summed E-state index contributed by atoms with van der Waals surface area (Å²) in [7, 11) is 0. The molecule has 1 aromatic rings. The van der Waals surface area contributed by atoms with Crippen LogP contribution in [0.3, 0.4) is 0 Å². The van der Waals surface area contributed by atoms with Gasteiger partial charge in [-0.15, -0.1) is 0 Å². The zero-order valence-electron chi connectivity index (χ0n) is 9.54. The van der Waals surface area contributed by atoms with Crippen LogP contribution in [0.5, 0.6) is 5.19 Å². The van der Waals surface area contributed by atoms with Crippen molar-refractivity contribution >= 4 is 23.4 Å². The molecule has 1 N–H and O–H groups in total. The van der Waals surface area contributed by atoms with Crippen LogP contribution < -0.4 is 10.1 Å². The molecule has 4 amide bonds. The van der Waals surface area contributed by atoms with Crippen LogP contribution in [0.25, 0.3) is 0 Å². The molecule has 0 aromatic carbocycles. The van der Waals surface area contributed by atoms with Crippen molar-refractivity contribution < 1.29 is 14.3 Å². The van der Waals surface area contributed by atoms with Crippen molar-refractivity contribution in [3.05, 3.63) is 11.6 Å². The summed E-state index contributed by atoms with van der Waals surface area (Å²) in [6, 6.07) is -0.562. The van der Waals surface area contributed by atoms with E-state index >= 15 is 0 Å².